The van der Waals surface area contributed by atoms with Gasteiger partial charge in [0.15, 0.2) is 0 Å². The Morgan fingerprint density at radius 3 is 2.68 bits per heavy atom. The molecule has 19 heavy (non-hydrogen) atoms. The maximum atomic E-state index is 11.1. The SMILES string of the molecule is COc1ccc2c(c1)C(C)=CC(C)(C)N2CC(=O)O. The van der Waals surface area contributed by atoms with Crippen LogP contribution in [0.1, 0.15) is 26.3 Å². The third kappa shape index (κ3) is 2.43. The van der Waals surface area contributed by atoms with E-state index < -0.39 is 5.97 Å². The van der Waals surface area contributed by atoms with Crippen molar-refractivity contribution in [2.75, 3.05) is 18.6 Å². The Morgan fingerprint density at radius 2 is 2.11 bits per heavy atom. The molecule has 4 nitrogen and oxygen atoms in total. The van der Waals surface area contributed by atoms with Crippen molar-refractivity contribution in [2.45, 2.75) is 26.3 Å². The van der Waals surface area contributed by atoms with Gasteiger partial charge in [-0.3, -0.25) is 4.79 Å². The number of hydrogen-bond donors (Lipinski definition) is 1. The number of ether oxygens (including phenoxy) is 1. The van der Waals surface area contributed by atoms with E-state index in [1.54, 1.807) is 7.11 Å². The fourth-order valence-corrected chi connectivity index (χ4v) is 2.61. The van der Waals surface area contributed by atoms with E-state index in [2.05, 4.69) is 6.08 Å². The first-order chi connectivity index (χ1) is 8.85. The minimum absolute atomic E-state index is 0.0177. The molecule has 0 aliphatic carbocycles. The fourth-order valence-electron chi connectivity index (χ4n) is 2.61. The molecule has 0 saturated carbocycles. The summed E-state index contributed by atoms with van der Waals surface area (Å²) in [4.78, 5) is 13.0. The molecule has 4 heteroatoms. The summed E-state index contributed by atoms with van der Waals surface area (Å²) >= 11 is 0. The average Bonchev–Trinajstić information content (AvgIpc) is 2.33. The lowest BCUT2D eigenvalue weighted by molar-refractivity contribution is -0.135. The van der Waals surface area contributed by atoms with Crippen molar-refractivity contribution in [3.8, 4) is 5.75 Å². The first kappa shape index (κ1) is 13.5. The van der Waals surface area contributed by atoms with Crippen LogP contribution in [0.3, 0.4) is 0 Å². The third-order valence-electron chi connectivity index (χ3n) is 3.48. The molecular weight excluding hydrogens is 242 g/mol. The van der Waals surface area contributed by atoms with E-state index in [-0.39, 0.29) is 12.1 Å². The largest absolute Gasteiger partial charge is 0.497 e. The van der Waals surface area contributed by atoms with Gasteiger partial charge in [-0.1, -0.05) is 6.08 Å². The minimum Gasteiger partial charge on any atom is -0.497 e. The van der Waals surface area contributed by atoms with Gasteiger partial charge in [0.05, 0.1) is 12.6 Å². The van der Waals surface area contributed by atoms with E-state index in [4.69, 9.17) is 9.84 Å². The van der Waals surface area contributed by atoms with Crippen LogP contribution in [0.15, 0.2) is 24.3 Å². The lowest BCUT2D eigenvalue weighted by Gasteiger charge is -2.42. The Kier molecular flexibility index (Phi) is 3.27. The van der Waals surface area contributed by atoms with Crippen LogP contribution >= 0.6 is 0 Å². The zero-order valence-corrected chi connectivity index (χ0v) is 11.7. The first-order valence-electron chi connectivity index (χ1n) is 6.22. The summed E-state index contributed by atoms with van der Waals surface area (Å²) < 4.78 is 5.23. The van der Waals surface area contributed by atoms with Crippen LogP contribution in [-0.2, 0) is 4.79 Å². The van der Waals surface area contributed by atoms with E-state index in [1.807, 2.05) is 43.9 Å². The van der Waals surface area contributed by atoms with E-state index >= 15 is 0 Å². The molecule has 2 rings (SSSR count). The second kappa shape index (κ2) is 4.61. The number of nitrogens with zero attached hydrogens (tertiary/aromatic N) is 1. The van der Waals surface area contributed by atoms with Crippen molar-refractivity contribution in [3.63, 3.8) is 0 Å². The molecule has 1 aliphatic heterocycles. The monoisotopic (exact) mass is 261 g/mol. The second-order valence-corrected chi connectivity index (χ2v) is 5.34. The second-order valence-electron chi connectivity index (χ2n) is 5.34. The topological polar surface area (TPSA) is 49.8 Å². The van der Waals surface area contributed by atoms with Crippen LogP contribution in [0.2, 0.25) is 0 Å². The molecule has 1 heterocycles. The zero-order chi connectivity index (χ0) is 14.2. The van der Waals surface area contributed by atoms with Gasteiger partial charge in [0.2, 0.25) is 0 Å². The molecular formula is C15H19NO3. The predicted molar refractivity (Wildman–Crippen MR) is 75.7 cm³/mol. The first-order valence-corrected chi connectivity index (χ1v) is 6.22. The van der Waals surface area contributed by atoms with E-state index in [1.165, 1.54) is 0 Å². The number of rotatable bonds is 3. The molecule has 0 radical (unpaired) electrons. The van der Waals surface area contributed by atoms with Crippen molar-refractivity contribution in [1.82, 2.24) is 0 Å². The number of carboxylic acids is 1. The molecule has 0 bridgehead atoms. The summed E-state index contributed by atoms with van der Waals surface area (Å²) in [7, 11) is 1.63. The van der Waals surface area contributed by atoms with E-state index in [9.17, 15) is 4.79 Å². The van der Waals surface area contributed by atoms with Crippen LogP contribution in [-0.4, -0.2) is 30.3 Å². The number of hydrogen-bond acceptors (Lipinski definition) is 3. The van der Waals surface area contributed by atoms with Gasteiger partial charge >= 0.3 is 5.97 Å². The summed E-state index contributed by atoms with van der Waals surface area (Å²) in [6.07, 6.45) is 2.09. The van der Waals surface area contributed by atoms with Gasteiger partial charge < -0.3 is 14.7 Å². The van der Waals surface area contributed by atoms with Crippen LogP contribution in [0, 0.1) is 0 Å². The number of aliphatic carboxylic acids is 1. The Bertz CT molecular complexity index is 546. The highest BCUT2D eigenvalue weighted by molar-refractivity contribution is 5.85. The maximum Gasteiger partial charge on any atom is 0.323 e. The third-order valence-corrected chi connectivity index (χ3v) is 3.48. The number of benzene rings is 1. The minimum atomic E-state index is -0.831. The molecule has 1 N–H and O–H groups in total. The van der Waals surface area contributed by atoms with Gasteiger partial charge in [-0.15, -0.1) is 0 Å². The number of anilines is 1. The molecule has 1 aliphatic rings. The maximum absolute atomic E-state index is 11.1. The molecule has 0 aromatic heterocycles. The molecule has 1 aromatic rings. The van der Waals surface area contributed by atoms with E-state index in [0.29, 0.717) is 0 Å². The van der Waals surface area contributed by atoms with Gasteiger partial charge in [0.1, 0.15) is 12.3 Å². The lowest BCUT2D eigenvalue weighted by atomic mass is 9.88. The molecule has 1 aromatic carbocycles. The van der Waals surface area contributed by atoms with Crippen molar-refractivity contribution < 1.29 is 14.6 Å². The fraction of sp³-hybridized carbons (Fsp3) is 0.400. The Balaban J connectivity index is 2.55. The smallest absolute Gasteiger partial charge is 0.323 e. The molecule has 0 saturated heterocycles. The normalized spacial score (nSPS) is 16.6. The van der Waals surface area contributed by atoms with Crippen LogP contribution in [0.25, 0.3) is 5.57 Å². The molecule has 0 unspecified atom stereocenters. The van der Waals surface area contributed by atoms with Gasteiger partial charge in [-0.05, 0) is 44.5 Å². The lowest BCUT2D eigenvalue weighted by Crippen LogP contribution is -2.47. The average molecular weight is 261 g/mol. The Morgan fingerprint density at radius 1 is 1.42 bits per heavy atom. The molecule has 0 spiro atoms. The highest BCUT2D eigenvalue weighted by atomic mass is 16.5. The van der Waals surface area contributed by atoms with Gasteiger partial charge in [0, 0.05) is 11.3 Å². The van der Waals surface area contributed by atoms with Gasteiger partial charge in [-0.2, -0.15) is 0 Å². The summed E-state index contributed by atoms with van der Waals surface area (Å²) in [5, 5.41) is 9.10. The molecule has 0 atom stereocenters. The van der Waals surface area contributed by atoms with Crippen molar-refractivity contribution >= 4 is 17.2 Å². The highest BCUT2D eigenvalue weighted by Gasteiger charge is 2.32. The van der Waals surface area contributed by atoms with Gasteiger partial charge in [-0.25, -0.2) is 0 Å². The number of fused-ring (bicyclic) bond motifs is 1. The number of allylic oxidation sites excluding steroid dienone is 1. The van der Waals surface area contributed by atoms with Gasteiger partial charge in [0.25, 0.3) is 0 Å². The Labute approximate surface area is 113 Å². The summed E-state index contributed by atoms with van der Waals surface area (Å²) in [6, 6.07) is 5.74. The number of carboxylic acid groups (broad SMARTS) is 1. The number of carbonyl (C=O) groups is 1. The van der Waals surface area contributed by atoms with Crippen LogP contribution in [0.4, 0.5) is 5.69 Å². The summed E-state index contributed by atoms with van der Waals surface area (Å²) in [5.41, 5.74) is 2.79. The van der Waals surface area contributed by atoms with Crippen molar-refractivity contribution in [3.05, 3.63) is 29.8 Å². The summed E-state index contributed by atoms with van der Waals surface area (Å²) in [5.74, 6) is -0.0516. The van der Waals surface area contributed by atoms with Crippen molar-refractivity contribution in [1.29, 1.82) is 0 Å². The highest BCUT2D eigenvalue weighted by Crippen LogP contribution is 2.40. The molecule has 0 amide bonds. The predicted octanol–water partition coefficient (Wildman–Crippen LogP) is 2.78. The quantitative estimate of drug-likeness (QED) is 0.909. The van der Waals surface area contributed by atoms with Crippen LogP contribution < -0.4 is 9.64 Å². The Hall–Kier alpha value is -1.97. The standard InChI is InChI=1S/C15H19NO3/c1-10-8-15(2,3)16(9-14(17)18)13-6-5-11(19-4)7-12(10)13/h5-8H,9H2,1-4H3,(H,17,18). The summed E-state index contributed by atoms with van der Waals surface area (Å²) in [6.45, 7) is 6.06. The zero-order valence-electron chi connectivity index (χ0n) is 11.7. The van der Waals surface area contributed by atoms with Crippen LogP contribution in [0.5, 0.6) is 5.75 Å². The molecule has 0 fully saturated rings. The number of methoxy groups -OCH3 is 1. The van der Waals surface area contributed by atoms with E-state index in [0.717, 1.165) is 22.6 Å². The van der Waals surface area contributed by atoms with Crippen molar-refractivity contribution in [2.24, 2.45) is 0 Å². The molecule has 102 valence electrons.